The number of aromatic nitrogens is 4. The van der Waals surface area contributed by atoms with Gasteiger partial charge in [-0.3, -0.25) is 14.7 Å². The third-order valence-corrected chi connectivity index (χ3v) is 8.27. The molecule has 2 amide bonds. The number of methoxy groups -OCH3 is 1. The van der Waals surface area contributed by atoms with Gasteiger partial charge in [-0.15, -0.1) is 0 Å². The minimum atomic E-state index is -4.43. The molecule has 0 aromatic carbocycles. The van der Waals surface area contributed by atoms with Gasteiger partial charge in [0.15, 0.2) is 11.3 Å². The number of halogens is 3. The van der Waals surface area contributed by atoms with E-state index in [-0.39, 0.29) is 55.0 Å². The number of likely N-dealkylation sites (tertiary alicyclic amines) is 1. The van der Waals surface area contributed by atoms with E-state index in [1.54, 1.807) is 12.1 Å². The molecule has 5 rings (SSSR count). The van der Waals surface area contributed by atoms with Crippen LogP contribution in [-0.2, 0) is 9.53 Å². The van der Waals surface area contributed by atoms with Crippen molar-refractivity contribution in [2.75, 3.05) is 13.7 Å². The second-order valence-electron chi connectivity index (χ2n) is 10.6. The van der Waals surface area contributed by atoms with Gasteiger partial charge in [0.1, 0.15) is 6.33 Å². The van der Waals surface area contributed by atoms with Gasteiger partial charge in [-0.1, -0.05) is 0 Å². The molecule has 9 nitrogen and oxygen atoms in total. The number of carbonyl (C=O) groups excluding carboxylic acids is 2. The summed E-state index contributed by atoms with van der Waals surface area (Å²) in [6, 6.07) is 3.18. The Labute approximate surface area is 212 Å². The van der Waals surface area contributed by atoms with E-state index in [0.717, 1.165) is 25.6 Å². The number of aromatic amines is 1. The highest BCUT2D eigenvalue weighted by atomic mass is 19.4. The molecular formula is C25H31F3N6O3. The largest absolute Gasteiger partial charge is 0.417 e. The molecule has 2 N–H and O–H groups in total. The third kappa shape index (κ3) is 4.83. The summed E-state index contributed by atoms with van der Waals surface area (Å²) in [5, 5.41) is 10.1. The average Bonchev–Trinajstić information content (AvgIpc) is 3.44. The molecule has 2 saturated carbocycles. The Balaban J connectivity index is 1.19. The zero-order valence-corrected chi connectivity index (χ0v) is 20.9. The zero-order chi connectivity index (χ0) is 26.4. The van der Waals surface area contributed by atoms with Crippen molar-refractivity contribution < 1.29 is 27.5 Å². The molecule has 37 heavy (non-hydrogen) atoms. The number of piperidine rings is 1. The first kappa shape index (κ1) is 25.6. The Kier molecular flexibility index (Phi) is 6.49. The summed E-state index contributed by atoms with van der Waals surface area (Å²) in [7, 11) is 1.09. The molecule has 3 aliphatic rings. The molecule has 1 atom stereocenters. The van der Waals surface area contributed by atoms with E-state index in [1.807, 2.05) is 11.8 Å². The fourth-order valence-corrected chi connectivity index (χ4v) is 5.81. The number of alkyl halides is 3. The van der Waals surface area contributed by atoms with Crippen LogP contribution >= 0.6 is 0 Å². The van der Waals surface area contributed by atoms with Crippen LogP contribution in [0.3, 0.4) is 0 Å². The van der Waals surface area contributed by atoms with E-state index < -0.39 is 11.8 Å². The Hall–Kier alpha value is -3.02. The number of nitrogens with zero attached hydrogens (tertiary/aromatic N) is 4. The third-order valence-electron chi connectivity index (χ3n) is 8.27. The number of aryl methyl sites for hydroxylation is 1. The first-order valence-corrected chi connectivity index (χ1v) is 12.6. The predicted molar refractivity (Wildman–Crippen MR) is 126 cm³/mol. The van der Waals surface area contributed by atoms with Crippen LogP contribution in [-0.4, -0.2) is 73.9 Å². The van der Waals surface area contributed by atoms with Crippen LogP contribution in [0.15, 0.2) is 18.5 Å². The lowest BCUT2D eigenvalue weighted by molar-refractivity contribution is -0.280. The van der Waals surface area contributed by atoms with E-state index in [4.69, 9.17) is 4.74 Å². The number of amides is 2. The minimum Gasteiger partial charge on any atom is -0.369 e. The Morgan fingerprint density at radius 3 is 2.49 bits per heavy atom. The van der Waals surface area contributed by atoms with E-state index in [2.05, 4.69) is 25.5 Å². The molecule has 0 unspecified atom stereocenters. The topological polar surface area (TPSA) is 113 Å². The van der Waals surface area contributed by atoms with E-state index in [9.17, 15) is 22.8 Å². The summed E-state index contributed by atoms with van der Waals surface area (Å²) >= 11 is 0. The molecule has 1 spiro atoms. The number of H-pyrrole nitrogens is 1. The van der Waals surface area contributed by atoms with Crippen molar-refractivity contribution in [3.05, 3.63) is 29.8 Å². The lowest BCUT2D eigenvalue weighted by Gasteiger charge is -2.42. The van der Waals surface area contributed by atoms with Gasteiger partial charge in [0, 0.05) is 36.8 Å². The lowest BCUT2D eigenvalue weighted by Crippen LogP contribution is -2.54. The Morgan fingerprint density at radius 1 is 1.14 bits per heavy atom. The van der Waals surface area contributed by atoms with Gasteiger partial charge in [0.05, 0.1) is 11.4 Å². The SMILES string of the molecule is CO[C@]1(C(F)(F)F)CC[C@H](NC(=O)[C@H]2CCN(C(=O)c3cc(-c4cc(C)ncn4)[nH]n3)C3(CC3)C2)CC1. The maximum absolute atomic E-state index is 13.4. The fourth-order valence-electron chi connectivity index (χ4n) is 5.81. The Morgan fingerprint density at radius 2 is 1.86 bits per heavy atom. The van der Waals surface area contributed by atoms with Gasteiger partial charge >= 0.3 is 6.18 Å². The predicted octanol–water partition coefficient (Wildman–Crippen LogP) is 3.57. The molecule has 0 bridgehead atoms. The fraction of sp³-hybridized carbons (Fsp3) is 0.640. The number of hydrogen-bond acceptors (Lipinski definition) is 6. The summed E-state index contributed by atoms with van der Waals surface area (Å²) in [6.07, 6.45) is -0.208. The van der Waals surface area contributed by atoms with E-state index in [1.165, 1.54) is 6.33 Å². The van der Waals surface area contributed by atoms with E-state index in [0.29, 0.717) is 36.5 Å². The normalized spacial score (nSPS) is 27.2. The van der Waals surface area contributed by atoms with Crippen LogP contribution in [0.25, 0.3) is 11.4 Å². The van der Waals surface area contributed by atoms with Gasteiger partial charge in [-0.25, -0.2) is 9.97 Å². The highest BCUT2D eigenvalue weighted by Crippen LogP contribution is 2.51. The van der Waals surface area contributed by atoms with Crippen LogP contribution in [0.2, 0.25) is 0 Å². The second-order valence-corrected chi connectivity index (χ2v) is 10.6. The lowest BCUT2D eigenvalue weighted by atomic mass is 9.81. The highest BCUT2D eigenvalue weighted by molar-refractivity contribution is 5.94. The second kappa shape index (κ2) is 9.38. The van der Waals surface area contributed by atoms with Crippen molar-refractivity contribution in [1.82, 2.24) is 30.4 Å². The van der Waals surface area contributed by atoms with Crippen LogP contribution in [0.1, 0.15) is 67.5 Å². The number of hydrogen-bond donors (Lipinski definition) is 2. The average molecular weight is 521 g/mol. The molecule has 1 saturated heterocycles. The van der Waals surface area contributed by atoms with Gasteiger partial charge in [-0.05, 0) is 70.4 Å². The zero-order valence-electron chi connectivity index (χ0n) is 20.9. The van der Waals surface area contributed by atoms with Gasteiger partial charge in [-0.2, -0.15) is 18.3 Å². The summed E-state index contributed by atoms with van der Waals surface area (Å²) in [4.78, 5) is 36.5. The molecule has 200 valence electrons. The van der Waals surface area contributed by atoms with Crippen molar-refractivity contribution in [2.45, 2.75) is 81.6 Å². The van der Waals surface area contributed by atoms with Crippen LogP contribution < -0.4 is 5.32 Å². The van der Waals surface area contributed by atoms with Gasteiger partial charge in [0.2, 0.25) is 5.91 Å². The molecule has 2 aromatic heterocycles. The molecule has 3 heterocycles. The van der Waals surface area contributed by atoms with Gasteiger partial charge < -0.3 is 15.0 Å². The van der Waals surface area contributed by atoms with Gasteiger partial charge in [0.25, 0.3) is 5.91 Å². The summed E-state index contributed by atoms with van der Waals surface area (Å²) in [6.45, 7) is 2.28. The number of carbonyl (C=O) groups is 2. The minimum absolute atomic E-state index is 0.138. The monoisotopic (exact) mass is 520 g/mol. The summed E-state index contributed by atoms with van der Waals surface area (Å²) in [5.41, 5.74) is -0.114. The summed E-state index contributed by atoms with van der Waals surface area (Å²) in [5.74, 6) is -0.594. The highest BCUT2D eigenvalue weighted by Gasteiger charge is 2.57. The molecular weight excluding hydrogens is 489 g/mol. The van der Waals surface area contributed by atoms with Crippen LogP contribution in [0.4, 0.5) is 13.2 Å². The number of nitrogens with one attached hydrogen (secondary N) is 2. The van der Waals surface area contributed by atoms with Crippen molar-refractivity contribution in [1.29, 1.82) is 0 Å². The maximum atomic E-state index is 13.4. The molecule has 1 aliphatic heterocycles. The van der Waals surface area contributed by atoms with Crippen LogP contribution in [0, 0.1) is 12.8 Å². The Bertz CT molecular complexity index is 1170. The maximum Gasteiger partial charge on any atom is 0.417 e. The first-order chi connectivity index (χ1) is 17.6. The number of ether oxygens (including phenoxy) is 1. The molecule has 0 radical (unpaired) electrons. The summed E-state index contributed by atoms with van der Waals surface area (Å²) < 4.78 is 45.2. The van der Waals surface area contributed by atoms with Crippen molar-refractivity contribution >= 4 is 11.8 Å². The quantitative estimate of drug-likeness (QED) is 0.623. The molecule has 3 fully saturated rings. The molecule has 2 aromatic rings. The number of rotatable bonds is 5. The smallest absolute Gasteiger partial charge is 0.369 e. The van der Waals surface area contributed by atoms with Crippen molar-refractivity contribution in [3.63, 3.8) is 0 Å². The van der Waals surface area contributed by atoms with Crippen molar-refractivity contribution in [3.8, 4) is 11.4 Å². The molecule has 2 aliphatic carbocycles. The standard InChI is InChI=1S/C25H31F3N6O3/c1-15-11-18(30-14-29-15)19-12-20(33-32-19)22(36)34-10-5-16(13-23(34)8-9-23)21(35)31-17-3-6-24(37-2,7-4-17)25(26,27)28/h11-12,14,16-17H,3-10,13H2,1-2H3,(H,31,35)(H,32,33)/t16-,17-,24+/m0/s1. The first-order valence-electron chi connectivity index (χ1n) is 12.6. The van der Waals surface area contributed by atoms with E-state index >= 15 is 0 Å². The van der Waals surface area contributed by atoms with Crippen LogP contribution in [0.5, 0.6) is 0 Å². The molecule has 12 heteroatoms. The van der Waals surface area contributed by atoms with Crippen molar-refractivity contribution in [2.24, 2.45) is 5.92 Å².